The van der Waals surface area contributed by atoms with Gasteiger partial charge in [-0.1, -0.05) is 97.9 Å². The van der Waals surface area contributed by atoms with Gasteiger partial charge in [-0.3, -0.25) is 4.79 Å². The molecule has 3 rings (SSSR count). The van der Waals surface area contributed by atoms with E-state index in [-0.39, 0.29) is 29.7 Å². The highest BCUT2D eigenvalue weighted by Crippen LogP contribution is 2.49. The van der Waals surface area contributed by atoms with Crippen molar-refractivity contribution in [3.05, 3.63) is 65.2 Å². The molecule has 0 bridgehead atoms. The van der Waals surface area contributed by atoms with Crippen LogP contribution in [-0.4, -0.2) is 51.8 Å². The average Bonchev–Trinajstić information content (AvgIpc) is 3.23. The number of carboxylic acids is 1. The summed E-state index contributed by atoms with van der Waals surface area (Å²) < 4.78 is 5.70. The topological polar surface area (TPSA) is 99.1 Å². The molecule has 1 amide bonds. The maximum Gasteiger partial charge on any atom is 0.326 e. The zero-order valence-electron chi connectivity index (χ0n) is 26.5. The van der Waals surface area contributed by atoms with Gasteiger partial charge in [-0.2, -0.15) is 0 Å². The Hall–Kier alpha value is -2.90. The zero-order chi connectivity index (χ0) is 30.9. The molecule has 0 radical (unpaired) electrons. The predicted molar refractivity (Wildman–Crippen MR) is 163 cm³/mol. The minimum absolute atomic E-state index is 0.0557. The molecule has 7 heteroatoms. The van der Waals surface area contributed by atoms with Crippen molar-refractivity contribution in [1.82, 2.24) is 10.2 Å². The summed E-state index contributed by atoms with van der Waals surface area (Å²) >= 11 is 0. The molecule has 41 heavy (non-hydrogen) atoms. The van der Waals surface area contributed by atoms with Gasteiger partial charge in [0, 0.05) is 24.1 Å². The molecule has 1 unspecified atom stereocenters. The fourth-order valence-electron chi connectivity index (χ4n) is 5.98. The molecular weight excluding hydrogens is 516 g/mol. The number of likely N-dealkylation sites (tertiary alicyclic amines) is 1. The lowest BCUT2D eigenvalue weighted by molar-refractivity contribution is -0.154. The van der Waals surface area contributed by atoms with Gasteiger partial charge in [-0.15, -0.1) is 0 Å². The standard InChI is InChI=1S/C34H50N2O5/c1-21(2)34(9,40)19-26(37)36-29(22-14-12-11-13-15-22)28(27(33(6,7)8)30(36)31(38)39)35-20-23-18-24(32(3,4)5)16-17-25(23)41-10/h11-18,21,27-30,35,40H,19-20H2,1-10H3,(H,38,39)/t27-,28-,29-,30-,34?/m0/s1. The van der Waals surface area contributed by atoms with Gasteiger partial charge in [0.05, 0.1) is 25.2 Å². The molecule has 2 aromatic rings. The number of nitrogens with zero attached hydrogens (tertiary/aromatic N) is 1. The van der Waals surface area contributed by atoms with E-state index < -0.39 is 35.0 Å². The summed E-state index contributed by atoms with van der Waals surface area (Å²) in [6.07, 6.45) is -0.164. The number of nitrogens with one attached hydrogen (secondary N) is 1. The van der Waals surface area contributed by atoms with Crippen LogP contribution in [-0.2, 0) is 21.5 Å². The van der Waals surface area contributed by atoms with Crippen molar-refractivity contribution in [2.24, 2.45) is 17.3 Å². The van der Waals surface area contributed by atoms with Gasteiger partial charge in [0.2, 0.25) is 5.91 Å². The van der Waals surface area contributed by atoms with Crippen molar-refractivity contribution in [1.29, 1.82) is 0 Å². The van der Waals surface area contributed by atoms with Crippen LogP contribution < -0.4 is 10.1 Å². The number of carbonyl (C=O) groups excluding carboxylic acids is 1. The largest absolute Gasteiger partial charge is 0.496 e. The highest BCUT2D eigenvalue weighted by molar-refractivity contribution is 5.86. The van der Waals surface area contributed by atoms with Crippen LogP contribution >= 0.6 is 0 Å². The van der Waals surface area contributed by atoms with E-state index in [9.17, 15) is 19.8 Å². The number of aliphatic carboxylic acids is 1. The Kier molecular flexibility index (Phi) is 9.66. The number of ether oxygens (including phenoxy) is 1. The third kappa shape index (κ3) is 7.12. The monoisotopic (exact) mass is 566 g/mol. The summed E-state index contributed by atoms with van der Waals surface area (Å²) in [6.45, 7) is 18.4. The van der Waals surface area contributed by atoms with E-state index in [4.69, 9.17) is 4.74 Å². The molecule has 0 spiro atoms. The number of carbonyl (C=O) groups is 2. The molecule has 0 aliphatic carbocycles. The van der Waals surface area contributed by atoms with Crippen LogP contribution in [0.4, 0.5) is 0 Å². The number of hydrogen-bond acceptors (Lipinski definition) is 5. The molecule has 1 fully saturated rings. The van der Waals surface area contributed by atoms with E-state index in [0.29, 0.717) is 6.54 Å². The molecule has 1 aliphatic heterocycles. The van der Waals surface area contributed by atoms with Crippen molar-refractivity contribution in [2.75, 3.05) is 7.11 Å². The maximum atomic E-state index is 14.1. The number of methoxy groups -OCH3 is 1. The molecule has 0 saturated carbocycles. The predicted octanol–water partition coefficient (Wildman–Crippen LogP) is 5.95. The summed E-state index contributed by atoms with van der Waals surface area (Å²) in [5, 5.41) is 25.4. The van der Waals surface area contributed by atoms with Gasteiger partial charge in [0.1, 0.15) is 11.8 Å². The Labute approximate surface area is 246 Å². The van der Waals surface area contributed by atoms with E-state index in [0.717, 1.165) is 16.9 Å². The Balaban J connectivity index is 2.16. The Morgan fingerprint density at radius 3 is 2.10 bits per heavy atom. The molecule has 1 saturated heterocycles. The molecular formula is C34H50N2O5. The van der Waals surface area contributed by atoms with Crippen LogP contribution in [0.5, 0.6) is 5.75 Å². The fraction of sp³-hybridized carbons (Fsp3) is 0.588. The molecule has 1 aliphatic rings. The van der Waals surface area contributed by atoms with Crippen molar-refractivity contribution < 1.29 is 24.5 Å². The van der Waals surface area contributed by atoms with Crippen LogP contribution in [0, 0.1) is 17.3 Å². The van der Waals surface area contributed by atoms with Crippen LogP contribution in [0.25, 0.3) is 0 Å². The van der Waals surface area contributed by atoms with Gasteiger partial charge >= 0.3 is 5.97 Å². The van der Waals surface area contributed by atoms with Gasteiger partial charge in [-0.05, 0) is 40.9 Å². The first-order valence-corrected chi connectivity index (χ1v) is 14.6. The lowest BCUT2D eigenvalue weighted by atomic mass is 9.72. The second-order valence-corrected chi connectivity index (χ2v) is 14.2. The minimum Gasteiger partial charge on any atom is -0.496 e. The molecule has 3 N–H and O–H groups in total. The van der Waals surface area contributed by atoms with Crippen LogP contribution in [0.3, 0.4) is 0 Å². The molecule has 0 aromatic heterocycles. The normalized spacial score (nSPS) is 23.0. The van der Waals surface area contributed by atoms with Crippen molar-refractivity contribution in [3.8, 4) is 5.75 Å². The number of hydrogen-bond donors (Lipinski definition) is 3. The molecule has 7 nitrogen and oxygen atoms in total. The number of carboxylic acid groups (broad SMARTS) is 1. The Morgan fingerprint density at radius 2 is 1.61 bits per heavy atom. The van der Waals surface area contributed by atoms with Crippen molar-refractivity contribution in [3.63, 3.8) is 0 Å². The van der Waals surface area contributed by atoms with Gasteiger partial charge in [-0.25, -0.2) is 4.79 Å². The van der Waals surface area contributed by atoms with E-state index in [1.54, 1.807) is 14.0 Å². The summed E-state index contributed by atoms with van der Waals surface area (Å²) in [6, 6.07) is 13.8. The van der Waals surface area contributed by atoms with Crippen LogP contribution in [0.15, 0.2) is 48.5 Å². The first kappa shape index (κ1) is 32.6. The van der Waals surface area contributed by atoms with E-state index in [1.165, 1.54) is 10.5 Å². The first-order chi connectivity index (χ1) is 18.9. The number of aliphatic hydroxyl groups is 1. The maximum absolute atomic E-state index is 14.1. The van der Waals surface area contributed by atoms with Gasteiger partial charge in [0.25, 0.3) is 0 Å². The first-order valence-electron chi connectivity index (χ1n) is 14.6. The average molecular weight is 567 g/mol. The quantitative estimate of drug-likeness (QED) is 0.347. The smallest absolute Gasteiger partial charge is 0.326 e. The van der Waals surface area contributed by atoms with Gasteiger partial charge < -0.3 is 25.2 Å². The molecule has 226 valence electrons. The summed E-state index contributed by atoms with van der Waals surface area (Å²) in [5.74, 6) is -1.25. The lowest BCUT2D eigenvalue weighted by Crippen LogP contribution is -2.49. The molecule has 1 heterocycles. The van der Waals surface area contributed by atoms with E-state index in [2.05, 4.69) is 38.2 Å². The third-order valence-electron chi connectivity index (χ3n) is 8.78. The Morgan fingerprint density at radius 1 is 1.00 bits per heavy atom. The second kappa shape index (κ2) is 12.1. The second-order valence-electron chi connectivity index (χ2n) is 14.2. The molecule has 5 atom stereocenters. The van der Waals surface area contributed by atoms with Crippen LogP contribution in [0.2, 0.25) is 0 Å². The van der Waals surface area contributed by atoms with E-state index >= 15 is 0 Å². The number of benzene rings is 2. The minimum atomic E-state index is -1.27. The zero-order valence-corrected chi connectivity index (χ0v) is 26.5. The summed E-state index contributed by atoms with van der Waals surface area (Å²) in [4.78, 5) is 28.6. The summed E-state index contributed by atoms with van der Waals surface area (Å²) in [5.41, 5.74) is 1.21. The SMILES string of the molecule is COc1ccc(C(C)(C)C)cc1CN[C@H]1[C@H](C(C)(C)C)[C@@H](C(=O)O)N(C(=O)CC(C)(O)C(C)C)[C@H]1c1ccccc1. The lowest BCUT2D eigenvalue weighted by Gasteiger charge is -2.36. The highest BCUT2D eigenvalue weighted by Gasteiger charge is 2.58. The third-order valence-corrected chi connectivity index (χ3v) is 8.78. The van der Waals surface area contributed by atoms with Crippen LogP contribution in [0.1, 0.15) is 91.5 Å². The van der Waals surface area contributed by atoms with E-state index in [1.807, 2.05) is 71.0 Å². The van der Waals surface area contributed by atoms with Crippen molar-refractivity contribution >= 4 is 11.9 Å². The number of rotatable bonds is 9. The highest BCUT2D eigenvalue weighted by atomic mass is 16.5. The summed E-state index contributed by atoms with van der Waals surface area (Å²) in [7, 11) is 1.65. The number of amides is 1. The van der Waals surface area contributed by atoms with Gasteiger partial charge in [0.15, 0.2) is 0 Å². The Bertz CT molecular complexity index is 1210. The fourth-order valence-corrected chi connectivity index (χ4v) is 5.98. The van der Waals surface area contributed by atoms with Crippen molar-refractivity contribution in [2.45, 2.75) is 104 Å². The molecule has 2 aromatic carbocycles.